The van der Waals surface area contributed by atoms with E-state index in [9.17, 15) is 4.79 Å². The lowest BCUT2D eigenvalue weighted by molar-refractivity contribution is 0.179. The molecule has 1 aliphatic rings. The molecule has 5 heteroatoms. The number of carbonyl (C=O) groups is 1. The van der Waals surface area contributed by atoms with Crippen LogP contribution in [0.4, 0.5) is 4.79 Å². The van der Waals surface area contributed by atoms with Gasteiger partial charge in [0, 0.05) is 25.6 Å². The maximum Gasteiger partial charge on any atom is 0.317 e. The Morgan fingerprint density at radius 1 is 1.71 bits per heavy atom. The summed E-state index contributed by atoms with van der Waals surface area (Å²) >= 11 is 4.94. The van der Waals surface area contributed by atoms with Crippen molar-refractivity contribution in [3.8, 4) is 0 Å². The molecule has 1 aliphatic heterocycles. The van der Waals surface area contributed by atoms with Crippen LogP contribution in [-0.2, 0) is 0 Å². The van der Waals surface area contributed by atoms with Gasteiger partial charge in [-0.1, -0.05) is 12.2 Å². The molecule has 2 amide bonds. The number of hydrogen-bond donors (Lipinski definition) is 2. The fraction of sp³-hybridized carbons (Fsp3) is 0.778. The van der Waals surface area contributed by atoms with Gasteiger partial charge in [0.1, 0.15) is 0 Å². The Morgan fingerprint density at radius 3 is 3.00 bits per heavy atom. The van der Waals surface area contributed by atoms with Crippen molar-refractivity contribution >= 4 is 23.2 Å². The lowest BCUT2D eigenvalue weighted by Crippen LogP contribution is -2.47. The van der Waals surface area contributed by atoms with Crippen molar-refractivity contribution in [2.75, 3.05) is 19.6 Å². The second-order valence-corrected chi connectivity index (χ2v) is 3.99. The van der Waals surface area contributed by atoms with Gasteiger partial charge in [-0.2, -0.15) is 0 Å². The number of hydrogen-bond acceptors (Lipinski definition) is 2. The largest absolute Gasteiger partial charge is 0.393 e. The summed E-state index contributed by atoms with van der Waals surface area (Å²) < 4.78 is 0. The van der Waals surface area contributed by atoms with E-state index in [1.54, 1.807) is 4.90 Å². The smallest absolute Gasteiger partial charge is 0.317 e. The topological polar surface area (TPSA) is 58.4 Å². The highest BCUT2D eigenvalue weighted by atomic mass is 32.1. The lowest BCUT2D eigenvalue weighted by Gasteiger charge is -2.32. The quantitative estimate of drug-likeness (QED) is 0.667. The molecule has 3 N–H and O–H groups in total. The molecular formula is C9H17N3OS. The Morgan fingerprint density at radius 2 is 2.43 bits per heavy atom. The van der Waals surface area contributed by atoms with Crippen molar-refractivity contribution in [1.29, 1.82) is 0 Å². The molecule has 0 aromatic heterocycles. The van der Waals surface area contributed by atoms with Gasteiger partial charge in [0.2, 0.25) is 0 Å². The van der Waals surface area contributed by atoms with Crippen LogP contribution in [0.3, 0.4) is 0 Å². The van der Waals surface area contributed by atoms with Gasteiger partial charge in [-0.15, -0.1) is 0 Å². The number of piperidine rings is 1. The van der Waals surface area contributed by atoms with Gasteiger partial charge in [-0.05, 0) is 19.8 Å². The first kappa shape index (κ1) is 11.2. The third kappa shape index (κ3) is 2.83. The van der Waals surface area contributed by atoms with Crippen molar-refractivity contribution in [2.45, 2.75) is 19.8 Å². The molecule has 1 rings (SSSR count). The van der Waals surface area contributed by atoms with Crippen LogP contribution in [0.25, 0.3) is 0 Å². The minimum Gasteiger partial charge on any atom is -0.393 e. The van der Waals surface area contributed by atoms with E-state index in [1.165, 1.54) is 0 Å². The van der Waals surface area contributed by atoms with Crippen LogP contribution in [0, 0.1) is 5.92 Å². The van der Waals surface area contributed by atoms with Crippen molar-refractivity contribution in [1.82, 2.24) is 10.2 Å². The molecule has 1 saturated heterocycles. The first-order chi connectivity index (χ1) is 6.65. The number of rotatable bonds is 2. The predicted octanol–water partition coefficient (Wildman–Crippen LogP) is 0.714. The van der Waals surface area contributed by atoms with E-state index < -0.39 is 0 Å². The normalized spacial score (nSPS) is 21.8. The number of urea groups is 1. The van der Waals surface area contributed by atoms with Crippen molar-refractivity contribution in [2.24, 2.45) is 11.7 Å². The molecule has 1 fully saturated rings. The summed E-state index contributed by atoms with van der Waals surface area (Å²) in [6.07, 6.45) is 1.99. The molecule has 0 aromatic carbocycles. The van der Waals surface area contributed by atoms with Crippen LogP contribution in [0.2, 0.25) is 0 Å². The van der Waals surface area contributed by atoms with Crippen LogP contribution in [0.1, 0.15) is 19.8 Å². The minimum atomic E-state index is -0.00606. The summed E-state index contributed by atoms with van der Waals surface area (Å²) in [5.74, 6) is 0.196. The molecule has 0 bridgehead atoms. The minimum absolute atomic E-state index is 0.00606. The summed E-state index contributed by atoms with van der Waals surface area (Å²) in [6, 6.07) is -0.00606. The molecule has 0 saturated carbocycles. The summed E-state index contributed by atoms with van der Waals surface area (Å²) in [5.41, 5.74) is 5.58. The number of nitrogens with one attached hydrogen (secondary N) is 1. The van der Waals surface area contributed by atoms with Crippen molar-refractivity contribution in [3.05, 3.63) is 0 Å². The maximum absolute atomic E-state index is 11.5. The van der Waals surface area contributed by atoms with E-state index in [2.05, 4.69) is 5.32 Å². The Labute approximate surface area is 89.8 Å². The lowest BCUT2D eigenvalue weighted by atomic mass is 9.98. The number of thiocarbonyl (C=S) groups is 1. The number of nitrogens with two attached hydrogens (primary N) is 1. The highest BCUT2D eigenvalue weighted by Gasteiger charge is 2.24. The summed E-state index contributed by atoms with van der Waals surface area (Å²) in [6.45, 7) is 4.05. The van der Waals surface area contributed by atoms with Crippen molar-refractivity contribution in [3.63, 3.8) is 0 Å². The summed E-state index contributed by atoms with van der Waals surface area (Å²) in [4.78, 5) is 13.8. The number of carbonyl (C=O) groups excluding carboxylic acids is 1. The highest BCUT2D eigenvalue weighted by molar-refractivity contribution is 7.80. The number of amides is 2. The van der Waals surface area contributed by atoms with E-state index in [4.69, 9.17) is 18.0 Å². The summed E-state index contributed by atoms with van der Waals surface area (Å²) in [7, 11) is 0. The Hall–Kier alpha value is -0.840. The molecule has 1 unspecified atom stereocenters. The van der Waals surface area contributed by atoms with E-state index in [0.29, 0.717) is 18.1 Å². The van der Waals surface area contributed by atoms with Crippen LogP contribution < -0.4 is 11.1 Å². The Bertz CT molecular complexity index is 232. The molecule has 0 aliphatic carbocycles. The molecule has 0 spiro atoms. The molecule has 0 radical (unpaired) electrons. The highest BCUT2D eigenvalue weighted by Crippen LogP contribution is 2.16. The fourth-order valence-electron chi connectivity index (χ4n) is 1.66. The zero-order valence-corrected chi connectivity index (χ0v) is 9.27. The van der Waals surface area contributed by atoms with E-state index in [0.717, 1.165) is 19.4 Å². The SMILES string of the molecule is CCNC(=O)N1CCCC(C(N)=S)C1. The van der Waals surface area contributed by atoms with E-state index >= 15 is 0 Å². The van der Waals surface area contributed by atoms with Gasteiger partial charge >= 0.3 is 6.03 Å². The zero-order chi connectivity index (χ0) is 10.6. The van der Waals surface area contributed by atoms with Crippen molar-refractivity contribution < 1.29 is 4.79 Å². The molecule has 80 valence electrons. The molecular weight excluding hydrogens is 198 g/mol. The third-order valence-electron chi connectivity index (χ3n) is 2.44. The molecule has 0 aromatic rings. The van der Waals surface area contributed by atoms with Gasteiger partial charge in [-0.25, -0.2) is 4.79 Å². The van der Waals surface area contributed by atoms with Gasteiger partial charge in [-0.3, -0.25) is 0 Å². The average Bonchev–Trinajstić information content (AvgIpc) is 2.18. The van der Waals surface area contributed by atoms with Gasteiger partial charge in [0.15, 0.2) is 0 Å². The monoisotopic (exact) mass is 215 g/mol. The second-order valence-electron chi connectivity index (χ2n) is 3.52. The number of likely N-dealkylation sites (tertiary alicyclic amines) is 1. The van der Waals surface area contributed by atoms with Crippen LogP contribution in [0.5, 0.6) is 0 Å². The molecule has 1 atom stereocenters. The fourth-order valence-corrected chi connectivity index (χ4v) is 1.85. The van der Waals surface area contributed by atoms with E-state index in [1.807, 2.05) is 6.92 Å². The first-order valence-corrected chi connectivity index (χ1v) is 5.38. The van der Waals surface area contributed by atoms with Crippen LogP contribution in [-0.4, -0.2) is 35.6 Å². The van der Waals surface area contributed by atoms with E-state index in [-0.39, 0.29) is 11.9 Å². The predicted molar refractivity (Wildman–Crippen MR) is 60.2 cm³/mol. The Kier molecular flexibility index (Phi) is 4.13. The second kappa shape index (κ2) is 5.14. The maximum atomic E-state index is 11.5. The first-order valence-electron chi connectivity index (χ1n) is 4.97. The van der Waals surface area contributed by atoms with Gasteiger partial charge in [0.25, 0.3) is 0 Å². The van der Waals surface area contributed by atoms with Crippen LogP contribution in [0.15, 0.2) is 0 Å². The third-order valence-corrected chi connectivity index (χ3v) is 2.77. The van der Waals surface area contributed by atoms with Gasteiger partial charge < -0.3 is 16.0 Å². The zero-order valence-electron chi connectivity index (χ0n) is 8.45. The summed E-state index contributed by atoms with van der Waals surface area (Å²) in [5, 5.41) is 2.78. The number of nitrogens with zero attached hydrogens (tertiary/aromatic N) is 1. The standard InChI is InChI=1S/C9H17N3OS/c1-2-11-9(13)12-5-3-4-7(6-12)8(10)14/h7H,2-6H2,1H3,(H2,10,14)(H,11,13). The Balaban J connectivity index is 2.47. The molecule has 1 heterocycles. The van der Waals surface area contributed by atoms with Crippen LogP contribution >= 0.6 is 12.2 Å². The average molecular weight is 215 g/mol. The van der Waals surface area contributed by atoms with Gasteiger partial charge in [0.05, 0.1) is 4.99 Å². The molecule has 4 nitrogen and oxygen atoms in total. The molecule has 14 heavy (non-hydrogen) atoms.